The van der Waals surface area contributed by atoms with E-state index < -0.39 is 0 Å². The molecule has 0 saturated heterocycles. The predicted molar refractivity (Wildman–Crippen MR) is 69.3 cm³/mol. The number of nitrogens with one attached hydrogen (secondary N) is 2. The lowest BCUT2D eigenvalue weighted by atomic mass is 9.91. The third-order valence-electron chi connectivity index (χ3n) is 2.47. The van der Waals surface area contributed by atoms with Crippen molar-refractivity contribution in [3.8, 4) is 0 Å². The van der Waals surface area contributed by atoms with Gasteiger partial charge in [0.25, 0.3) is 0 Å². The summed E-state index contributed by atoms with van der Waals surface area (Å²) in [6, 6.07) is 0. The van der Waals surface area contributed by atoms with Crippen LogP contribution in [0.25, 0.3) is 0 Å². The van der Waals surface area contributed by atoms with E-state index in [4.69, 9.17) is 0 Å². The van der Waals surface area contributed by atoms with Crippen LogP contribution in [-0.4, -0.2) is 26.2 Å². The van der Waals surface area contributed by atoms with Gasteiger partial charge in [0.1, 0.15) is 0 Å². The zero-order chi connectivity index (χ0) is 11.6. The molecule has 0 amide bonds. The van der Waals surface area contributed by atoms with Crippen molar-refractivity contribution in [1.82, 2.24) is 10.6 Å². The van der Waals surface area contributed by atoms with Crippen LogP contribution >= 0.6 is 0 Å². The number of rotatable bonds is 9. The fourth-order valence-corrected chi connectivity index (χ4v) is 1.47. The first kappa shape index (κ1) is 14.9. The highest BCUT2D eigenvalue weighted by atomic mass is 14.9. The Morgan fingerprint density at radius 3 is 1.80 bits per heavy atom. The lowest BCUT2D eigenvalue weighted by Gasteiger charge is -2.17. The first-order valence-corrected chi connectivity index (χ1v) is 6.47. The molecule has 0 fully saturated rings. The van der Waals surface area contributed by atoms with E-state index in [9.17, 15) is 0 Å². The largest absolute Gasteiger partial charge is 0.315 e. The van der Waals surface area contributed by atoms with Crippen molar-refractivity contribution in [3.05, 3.63) is 0 Å². The van der Waals surface area contributed by atoms with Crippen LogP contribution < -0.4 is 10.6 Å². The molecule has 0 spiro atoms. The first-order chi connectivity index (χ1) is 7.06. The third kappa shape index (κ3) is 13.9. The van der Waals surface area contributed by atoms with E-state index in [1.54, 1.807) is 0 Å². The van der Waals surface area contributed by atoms with Gasteiger partial charge in [0.2, 0.25) is 0 Å². The molecule has 0 unspecified atom stereocenters. The van der Waals surface area contributed by atoms with Crippen molar-refractivity contribution in [2.45, 2.75) is 53.4 Å². The van der Waals surface area contributed by atoms with Crippen LogP contribution in [0.5, 0.6) is 0 Å². The van der Waals surface area contributed by atoms with Gasteiger partial charge in [-0.3, -0.25) is 0 Å². The third-order valence-corrected chi connectivity index (χ3v) is 2.47. The van der Waals surface area contributed by atoms with Crippen LogP contribution in [-0.2, 0) is 0 Å². The molecule has 0 atom stereocenters. The Balaban J connectivity index is 2.99. The number of unbranched alkanes of at least 4 members (excludes halogenated alkanes) is 1. The van der Waals surface area contributed by atoms with Crippen LogP contribution in [0.15, 0.2) is 0 Å². The van der Waals surface area contributed by atoms with Crippen LogP contribution in [0, 0.1) is 5.41 Å². The van der Waals surface area contributed by atoms with E-state index in [2.05, 4.69) is 38.3 Å². The van der Waals surface area contributed by atoms with Gasteiger partial charge in [-0.1, -0.05) is 34.1 Å². The minimum Gasteiger partial charge on any atom is -0.315 e. The zero-order valence-electron chi connectivity index (χ0n) is 11.2. The molecule has 2 heteroatoms. The molecule has 2 N–H and O–H groups in total. The molecule has 0 bridgehead atoms. The SMILES string of the molecule is CCCCNCCNCCCC(C)(C)C. The molecule has 0 radical (unpaired) electrons. The maximum Gasteiger partial charge on any atom is 0.00767 e. The topological polar surface area (TPSA) is 24.1 Å². The van der Waals surface area contributed by atoms with Crippen molar-refractivity contribution in [3.63, 3.8) is 0 Å². The molecule has 0 aromatic rings. The Morgan fingerprint density at radius 1 is 0.800 bits per heavy atom. The molecule has 0 rings (SSSR count). The minimum atomic E-state index is 0.487. The van der Waals surface area contributed by atoms with E-state index in [1.807, 2.05) is 0 Å². The maximum atomic E-state index is 3.47. The zero-order valence-corrected chi connectivity index (χ0v) is 11.2. The summed E-state index contributed by atoms with van der Waals surface area (Å²) in [6.45, 7) is 13.7. The van der Waals surface area contributed by atoms with Crippen LogP contribution in [0.3, 0.4) is 0 Å². The Kier molecular flexibility index (Phi) is 9.12. The Bertz CT molecular complexity index is 127. The standard InChI is InChI=1S/C13H30N2/c1-5-6-9-14-11-12-15-10-7-8-13(2,3)4/h14-15H,5-12H2,1-4H3. The molecule has 15 heavy (non-hydrogen) atoms. The summed E-state index contributed by atoms with van der Waals surface area (Å²) < 4.78 is 0. The average molecular weight is 214 g/mol. The summed E-state index contributed by atoms with van der Waals surface area (Å²) in [5.41, 5.74) is 0.487. The molecule has 0 aliphatic carbocycles. The van der Waals surface area contributed by atoms with E-state index in [0.29, 0.717) is 5.41 Å². The number of hydrogen-bond donors (Lipinski definition) is 2. The van der Waals surface area contributed by atoms with Crippen molar-refractivity contribution < 1.29 is 0 Å². The van der Waals surface area contributed by atoms with Crippen molar-refractivity contribution >= 4 is 0 Å². The molecule has 92 valence electrons. The minimum absolute atomic E-state index is 0.487. The fourth-order valence-electron chi connectivity index (χ4n) is 1.47. The fraction of sp³-hybridized carbons (Fsp3) is 1.00. The van der Waals surface area contributed by atoms with E-state index in [0.717, 1.165) is 19.6 Å². The van der Waals surface area contributed by atoms with Gasteiger partial charge in [0.15, 0.2) is 0 Å². The lowest BCUT2D eigenvalue weighted by Crippen LogP contribution is -2.28. The molecule has 0 aromatic carbocycles. The quantitative estimate of drug-likeness (QED) is 0.577. The van der Waals surface area contributed by atoms with Crippen LogP contribution in [0.1, 0.15) is 53.4 Å². The van der Waals surface area contributed by atoms with Crippen LogP contribution in [0.2, 0.25) is 0 Å². The Morgan fingerprint density at radius 2 is 1.33 bits per heavy atom. The Labute approximate surface area is 96.2 Å². The second kappa shape index (κ2) is 9.17. The summed E-state index contributed by atoms with van der Waals surface area (Å²) in [5.74, 6) is 0. The van der Waals surface area contributed by atoms with Gasteiger partial charge in [-0.05, 0) is 37.8 Å². The molecule has 0 heterocycles. The Hall–Kier alpha value is -0.0800. The van der Waals surface area contributed by atoms with Crippen molar-refractivity contribution in [2.75, 3.05) is 26.2 Å². The highest BCUT2D eigenvalue weighted by Crippen LogP contribution is 2.19. The van der Waals surface area contributed by atoms with Crippen LogP contribution in [0.4, 0.5) is 0 Å². The molecular weight excluding hydrogens is 184 g/mol. The molecule has 0 saturated carbocycles. The molecular formula is C13H30N2. The van der Waals surface area contributed by atoms with Crippen molar-refractivity contribution in [2.24, 2.45) is 5.41 Å². The summed E-state index contributed by atoms with van der Waals surface area (Å²) >= 11 is 0. The normalized spacial score (nSPS) is 12.0. The molecule has 0 aliphatic heterocycles. The van der Waals surface area contributed by atoms with Gasteiger partial charge in [-0.15, -0.1) is 0 Å². The summed E-state index contributed by atoms with van der Waals surface area (Å²) in [5, 5.41) is 6.90. The summed E-state index contributed by atoms with van der Waals surface area (Å²) in [6.07, 6.45) is 5.18. The smallest absolute Gasteiger partial charge is 0.00767 e. The average Bonchev–Trinajstić information content (AvgIpc) is 2.14. The van der Waals surface area contributed by atoms with Gasteiger partial charge < -0.3 is 10.6 Å². The van der Waals surface area contributed by atoms with Gasteiger partial charge in [-0.25, -0.2) is 0 Å². The van der Waals surface area contributed by atoms with Gasteiger partial charge in [0.05, 0.1) is 0 Å². The lowest BCUT2D eigenvalue weighted by molar-refractivity contribution is 0.361. The van der Waals surface area contributed by atoms with Crippen molar-refractivity contribution in [1.29, 1.82) is 0 Å². The molecule has 0 aliphatic rings. The monoisotopic (exact) mass is 214 g/mol. The van der Waals surface area contributed by atoms with Gasteiger partial charge >= 0.3 is 0 Å². The van der Waals surface area contributed by atoms with E-state index in [1.165, 1.54) is 32.2 Å². The second-order valence-electron chi connectivity index (χ2n) is 5.52. The highest BCUT2D eigenvalue weighted by Gasteiger charge is 2.08. The van der Waals surface area contributed by atoms with E-state index in [-0.39, 0.29) is 0 Å². The van der Waals surface area contributed by atoms with Gasteiger partial charge in [-0.2, -0.15) is 0 Å². The van der Waals surface area contributed by atoms with Gasteiger partial charge in [0, 0.05) is 13.1 Å². The second-order valence-corrected chi connectivity index (χ2v) is 5.52. The van der Waals surface area contributed by atoms with E-state index >= 15 is 0 Å². The molecule has 2 nitrogen and oxygen atoms in total. The summed E-state index contributed by atoms with van der Waals surface area (Å²) in [7, 11) is 0. The maximum absolute atomic E-state index is 3.47. The first-order valence-electron chi connectivity index (χ1n) is 6.47. The highest BCUT2D eigenvalue weighted by molar-refractivity contribution is 4.62. The number of hydrogen-bond acceptors (Lipinski definition) is 2. The predicted octanol–water partition coefficient (Wildman–Crippen LogP) is 2.79. The molecule has 0 aromatic heterocycles. The summed E-state index contributed by atoms with van der Waals surface area (Å²) in [4.78, 5) is 0.